The zero-order valence-electron chi connectivity index (χ0n) is 50.8. The quantitative estimate of drug-likeness (QED) is 0.0256. The lowest BCUT2D eigenvalue weighted by Gasteiger charge is -2.29. The molecule has 1 aliphatic heterocycles. The van der Waals surface area contributed by atoms with Gasteiger partial charge in [0.1, 0.15) is 60.4 Å². The van der Waals surface area contributed by atoms with Gasteiger partial charge in [0.05, 0.1) is 12.2 Å². The minimum Gasteiger partial charge on any atom is -0.391 e. The molecule has 12 atom stereocenters. The number of nitrogens with one attached hydrogen (secondary N) is 11. The predicted molar refractivity (Wildman–Crippen MR) is 315 cm³/mol. The fourth-order valence-corrected chi connectivity index (χ4v) is 8.62. The van der Waals surface area contributed by atoms with Crippen LogP contribution in [-0.2, 0) is 63.1 Å². The van der Waals surface area contributed by atoms with Gasteiger partial charge in [-0.3, -0.25) is 61.8 Å². The van der Waals surface area contributed by atoms with Crippen LogP contribution in [0.3, 0.4) is 0 Å². The highest BCUT2D eigenvalue weighted by molar-refractivity contribution is 7.79. The maximum absolute atomic E-state index is 14.4. The van der Waals surface area contributed by atoms with E-state index >= 15 is 0 Å². The van der Waals surface area contributed by atoms with Crippen molar-refractivity contribution in [2.75, 3.05) is 39.3 Å². The fourth-order valence-electron chi connectivity index (χ4n) is 8.62. The number of hydrogen-bond donors (Lipinski definition) is 20. The molecular formula is C52H100N16O17S. The highest BCUT2D eigenvalue weighted by Crippen LogP contribution is 2.13. The second-order valence-electron chi connectivity index (χ2n) is 22.3. The third kappa shape index (κ3) is 33.0. The van der Waals surface area contributed by atoms with Crippen molar-refractivity contribution in [3.63, 3.8) is 0 Å². The predicted octanol–water partition coefficient (Wildman–Crippen LogP) is -6.48. The Balaban J connectivity index is 0.0000138. The van der Waals surface area contributed by atoms with Gasteiger partial charge in [0.25, 0.3) is 0 Å². The van der Waals surface area contributed by atoms with Crippen molar-refractivity contribution in [2.24, 2.45) is 46.4 Å². The van der Waals surface area contributed by atoms with Crippen LogP contribution in [0.1, 0.15) is 132 Å². The van der Waals surface area contributed by atoms with Crippen LogP contribution in [0.2, 0.25) is 0 Å². The molecule has 0 unspecified atom stereocenters. The lowest BCUT2D eigenvalue weighted by Crippen LogP contribution is -2.62. The number of nitrogens with two attached hydrogens (primary N) is 5. The molecule has 0 aliphatic carbocycles. The molecule has 0 bridgehead atoms. The van der Waals surface area contributed by atoms with Crippen molar-refractivity contribution in [3.05, 3.63) is 0 Å². The van der Waals surface area contributed by atoms with Crippen molar-refractivity contribution < 1.29 is 80.5 Å². The fraction of sp³-hybridized carbons (Fsp3) is 0.788. The van der Waals surface area contributed by atoms with E-state index in [0.29, 0.717) is 12.3 Å². The van der Waals surface area contributed by atoms with Crippen LogP contribution >= 0.6 is 0 Å². The van der Waals surface area contributed by atoms with E-state index in [2.05, 4.69) is 72.3 Å². The molecule has 34 heteroatoms. The zero-order valence-corrected chi connectivity index (χ0v) is 51.6. The Morgan fingerprint density at radius 1 is 0.512 bits per heavy atom. The third-order valence-corrected chi connectivity index (χ3v) is 13.1. The summed E-state index contributed by atoms with van der Waals surface area (Å²) in [4.78, 5) is 152. The molecule has 1 heterocycles. The van der Waals surface area contributed by atoms with Crippen LogP contribution in [0.5, 0.6) is 0 Å². The monoisotopic (exact) mass is 1250 g/mol. The first-order valence-electron chi connectivity index (χ1n) is 29.0. The molecule has 0 radical (unpaired) electrons. The average Bonchev–Trinajstić information content (AvgIpc) is 2.27. The molecule has 25 N–H and O–H groups in total. The third-order valence-electron chi connectivity index (χ3n) is 13.1. The van der Waals surface area contributed by atoms with Crippen LogP contribution in [0.4, 0.5) is 0 Å². The molecule has 11 amide bonds. The van der Waals surface area contributed by atoms with Crippen LogP contribution in [0, 0.1) is 17.8 Å². The molecule has 0 saturated carbocycles. The Hall–Kier alpha value is -6.24. The summed E-state index contributed by atoms with van der Waals surface area (Å²) in [6.45, 7) is 12.6. The van der Waals surface area contributed by atoms with Gasteiger partial charge < -0.3 is 97.4 Å². The first kappa shape index (κ1) is 79.8. The first-order chi connectivity index (χ1) is 40.1. The molecule has 33 nitrogen and oxygen atoms in total. The number of unbranched alkanes of at least 4 members (excludes halogenated alkanes) is 1. The zero-order chi connectivity index (χ0) is 66.0. The standard InChI is InChI=1S/C52H98N16O13.H2O4S/c1-27(2)11-9-10-12-40(71)59-32(13-19-53)47(76)68-42(31(8)70)52(81)64-35(16-22-56)44(73)63-37-18-24-58-51(80)41(30(7)69)67-48(77)36(17-23-57)61-43(72)33(14-20-54)62-49(78)38(25-28(3)4)66-50(79)39(26-29(5)6)65-45(74)34(15-21-55)60-46(37)75;1-5(2,3)4/h27-39,41-42,69-70H,9-26,53-57H2,1-8H3,(H,58,80)(H,59,71)(H,60,75)(H,61,72)(H,62,78)(H,63,73)(H,64,81)(H,65,74)(H,66,79)(H,67,77)(H,68,76);(H2,1,2,3,4)/t30-,31-,32+,33+,34+,35+,36+,37+,38-,39+,41+,42+;/m1./s1. The van der Waals surface area contributed by atoms with Gasteiger partial charge in [0, 0.05) is 13.0 Å². The number of amides is 11. The molecule has 1 rings (SSSR count). The summed E-state index contributed by atoms with van der Waals surface area (Å²) in [5.74, 6) is -9.55. The van der Waals surface area contributed by atoms with E-state index in [0.717, 1.165) is 12.8 Å². The maximum atomic E-state index is 14.4. The van der Waals surface area contributed by atoms with Gasteiger partial charge in [-0.1, -0.05) is 54.4 Å². The molecule has 0 aromatic heterocycles. The smallest absolute Gasteiger partial charge is 0.391 e. The normalized spacial score (nSPS) is 22.6. The number of hydrogen-bond acceptors (Lipinski definition) is 20. The summed E-state index contributed by atoms with van der Waals surface area (Å²) in [7, 11) is -4.67. The van der Waals surface area contributed by atoms with E-state index in [1.54, 1.807) is 27.7 Å². The topological polar surface area (TPSA) is 565 Å². The Morgan fingerprint density at radius 2 is 0.919 bits per heavy atom. The van der Waals surface area contributed by atoms with Crippen LogP contribution in [0.15, 0.2) is 0 Å². The van der Waals surface area contributed by atoms with Crippen molar-refractivity contribution >= 4 is 75.4 Å². The van der Waals surface area contributed by atoms with Gasteiger partial charge in [-0.25, -0.2) is 0 Å². The maximum Gasteiger partial charge on any atom is 0.394 e. The average molecular weight is 1250 g/mol. The lowest BCUT2D eigenvalue weighted by molar-refractivity contribution is -0.137. The summed E-state index contributed by atoms with van der Waals surface area (Å²) >= 11 is 0. The van der Waals surface area contributed by atoms with Gasteiger partial charge in [-0.15, -0.1) is 0 Å². The minimum absolute atomic E-state index is 0.0139. The molecule has 496 valence electrons. The van der Waals surface area contributed by atoms with Crippen molar-refractivity contribution in [2.45, 2.75) is 205 Å². The highest BCUT2D eigenvalue weighted by atomic mass is 32.3. The van der Waals surface area contributed by atoms with Crippen molar-refractivity contribution in [1.82, 2.24) is 58.5 Å². The van der Waals surface area contributed by atoms with Crippen LogP contribution < -0.4 is 87.2 Å². The number of aliphatic hydroxyl groups is 2. The summed E-state index contributed by atoms with van der Waals surface area (Å²) in [5.41, 5.74) is 29.2. The van der Waals surface area contributed by atoms with E-state index in [9.17, 15) is 63.0 Å². The van der Waals surface area contributed by atoms with E-state index in [4.69, 9.17) is 46.2 Å². The molecule has 0 spiro atoms. The number of aliphatic hydroxyl groups excluding tert-OH is 2. The molecular weight excluding hydrogens is 1150 g/mol. The molecule has 86 heavy (non-hydrogen) atoms. The number of rotatable bonds is 28. The minimum atomic E-state index is -4.67. The molecule has 1 aliphatic rings. The Labute approximate surface area is 503 Å². The number of carbonyl (C=O) groups is 11. The van der Waals surface area contributed by atoms with Gasteiger partial charge in [-0.2, -0.15) is 8.42 Å². The Bertz CT molecular complexity index is 2290. The molecule has 1 saturated heterocycles. The van der Waals surface area contributed by atoms with Gasteiger partial charge in [0.15, 0.2) is 0 Å². The van der Waals surface area contributed by atoms with Crippen LogP contribution in [-0.4, -0.2) is 205 Å². The lowest BCUT2D eigenvalue weighted by atomic mass is 9.99. The molecule has 0 aromatic carbocycles. The van der Waals surface area contributed by atoms with Crippen molar-refractivity contribution in [3.8, 4) is 0 Å². The van der Waals surface area contributed by atoms with Gasteiger partial charge in [-0.05, 0) is 122 Å². The van der Waals surface area contributed by atoms with E-state index in [-0.39, 0.29) is 95.9 Å². The van der Waals surface area contributed by atoms with E-state index in [1.165, 1.54) is 13.8 Å². The first-order valence-corrected chi connectivity index (χ1v) is 30.4. The molecule has 0 aromatic rings. The van der Waals surface area contributed by atoms with E-state index < -0.39 is 161 Å². The Morgan fingerprint density at radius 3 is 1.31 bits per heavy atom. The van der Waals surface area contributed by atoms with E-state index in [1.807, 2.05) is 0 Å². The SMILES string of the molecule is CC(C)CCCCC(=O)N[C@@H](CCN)C(=O)N[C@H](C(=O)N[C@@H](CCN)C(=O)N[C@H]1CCNC(=O)[C@H]([C@@H](C)O)NC(=O)[C@H](CCN)NC(=O)[C@H](CCN)NC(=O)[C@@H](CC(C)C)NC(=O)[C@H](CC(C)C)NC(=O)[C@H](CCN)NC1=O)[C@@H](C)O.O=S(=O)(O)O. The summed E-state index contributed by atoms with van der Waals surface area (Å²) < 4.78 is 31.6. The van der Waals surface area contributed by atoms with Gasteiger partial charge >= 0.3 is 10.4 Å². The largest absolute Gasteiger partial charge is 0.394 e. The van der Waals surface area contributed by atoms with Crippen molar-refractivity contribution in [1.29, 1.82) is 0 Å². The van der Waals surface area contributed by atoms with Gasteiger partial charge in [0.2, 0.25) is 65.0 Å². The highest BCUT2D eigenvalue weighted by Gasteiger charge is 2.37. The molecule has 1 fully saturated rings. The second kappa shape index (κ2) is 41.8. The van der Waals surface area contributed by atoms with Crippen LogP contribution in [0.25, 0.3) is 0 Å². The Kier molecular flexibility index (Phi) is 38.8. The number of carbonyl (C=O) groups excluding carboxylic acids is 11. The summed E-state index contributed by atoms with van der Waals surface area (Å²) in [6.07, 6.45) is -1.81. The second-order valence-corrected chi connectivity index (χ2v) is 23.2. The summed E-state index contributed by atoms with van der Waals surface area (Å²) in [6, 6.07) is -14.5. The summed E-state index contributed by atoms with van der Waals surface area (Å²) in [5, 5.41) is 49.5.